The number of nitrogens with zero attached hydrogens (tertiary/aromatic N) is 2. The third-order valence-electron chi connectivity index (χ3n) is 4.83. The van der Waals surface area contributed by atoms with E-state index in [1.165, 1.54) is 11.3 Å². The van der Waals surface area contributed by atoms with Gasteiger partial charge in [0.2, 0.25) is 5.91 Å². The fourth-order valence-corrected chi connectivity index (χ4v) is 3.18. The minimum absolute atomic E-state index is 0.165. The lowest BCUT2D eigenvalue weighted by molar-refractivity contribution is -0.123. The zero-order chi connectivity index (χ0) is 15.7. The van der Waals surface area contributed by atoms with Crippen molar-refractivity contribution in [3.05, 3.63) is 52.8 Å². The topological polar surface area (TPSA) is 46.9 Å². The molecular weight excluding hydrogens is 274 g/mol. The van der Waals surface area contributed by atoms with Gasteiger partial charge in [-0.15, -0.1) is 0 Å². The predicted octanol–water partition coefficient (Wildman–Crippen LogP) is 2.43. The number of aromatic nitrogens is 2. The van der Waals surface area contributed by atoms with Crippen LogP contribution in [0.3, 0.4) is 0 Å². The van der Waals surface area contributed by atoms with E-state index in [0.717, 1.165) is 30.5 Å². The number of rotatable bonds is 5. The Labute approximate surface area is 131 Å². The van der Waals surface area contributed by atoms with Gasteiger partial charge in [0.05, 0.1) is 11.1 Å². The smallest absolute Gasteiger partial charge is 0.230 e. The van der Waals surface area contributed by atoms with Crippen LogP contribution in [-0.4, -0.2) is 22.2 Å². The SMILES string of the molecule is Cc1nn(C)c(C)c1CCNC(=O)C1(c2ccccc2)CC1. The van der Waals surface area contributed by atoms with Crippen LogP contribution >= 0.6 is 0 Å². The van der Waals surface area contributed by atoms with Crippen molar-refractivity contribution in [1.29, 1.82) is 0 Å². The van der Waals surface area contributed by atoms with Crippen LogP contribution in [0.15, 0.2) is 30.3 Å². The molecular formula is C18H23N3O. The summed E-state index contributed by atoms with van der Waals surface area (Å²) in [5, 5.41) is 7.54. The van der Waals surface area contributed by atoms with E-state index in [1.807, 2.05) is 36.9 Å². The van der Waals surface area contributed by atoms with Crippen molar-refractivity contribution < 1.29 is 4.79 Å². The lowest BCUT2D eigenvalue weighted by Gasteiger charge is -2.15. The lowest BCUT2D eigenvalue weighted by Crippen LogP contribution is -2.36. The highest BCUT2D eigenvalue weighted by Crippen LogP contribution is 2.48. The first-order valence-corrected chi connectivity index (χ1v) is 7.87. The molecule has 0 radical (unpaired) electrons. The summed E-state index contributed by atoms with van der Waals surface area (Å²) in [6.07, 6.45) is 2.74. The third kappa shape index (κ3) is 2.54. The van der Waals surface area contributed by atoms with Gasteiger partial charge in [0.25, 0.3) is 0 Å². The summed E-state index contributed by atoms with van der Waals surface area (Å²) in [7, 11) is 1.96. The quantitative estimate of drug-likeness (QED) is 0.921. The molecule has 4 nitrogen and oxygen atoms in total. The molecule has 4 heteroatoms. The summed E-state index contributed by atoms with van der Waals surface area (Å²) in [6, 6.07) is 10.1. The minimum Gasteiger partial charge on any atom is -0.355 e. The molecule has 1 aromatic heterocycles. The number of carbonyl (C=O) groups excluding carboxylic acids is 1. The van der Waals surface area contributed by atoms with Gasteiger partial charge >= 0.3 is 0 Å². The standard InChI is InChI=1S/C18H23N3O/c1-13-16(14(2)21(3)20-13)9-12-19-17(22)18(10-11-18)15-7-5-4-6-8-15/h4-8H,9-12H2,1-3H3,(H,19,22). The van der Waals surface area contributed by atoms with Crippen LogP contribution in [0.2, 0.25) is 0 Å². The predicted molar refractivity (Wildman–Crippen MR) is 86.7 cm³/mol. The molecule has 1 fully saturated rings. The Balaban J connectivity index is 1.62. The van der Waals surface area contributed by atoms with Gasteiger partial charge in [0.1, 0.15) is 0 Å². The maximum Gasteiger partial charge on any atom is 0.230 e. The molecule has 1 saturated carbocycles. The Morgan fingerprint density at radius 1 is 1.27 bits per heavy atom. The summed E-state index contributed by atoms with van der Waals surface area (Å²) in [5.41, 5.74) is 4.34. The summed E-state index contributed by atoms with van der Waals surface area (Å²) in [5.74, 6) is 0.165. The van der Waals surface area contributed by atoms with Gasteiger partial charge in [-0.3, -0.25) is 9.48 Å². The third-order valence-corrected chi connectivity index (χ3v) is 4.83. The number of hydrogen-bond acceptors (Lipinski definition) is 2. The van der Waals surface area contributed by atoms with Crippen LogP contribution in [0.5, 0.6) is 0 Å². The minimum atomic E-state index is -0.277. The Kier molecular flexibility index (Phi) is 3.77. The maximum absolute atomic E-state index is 12.6. The summed E-state index contributed by atoms with van der Waals surface area (Å²) >= 11 is 0. The molecule has 0 atom stereocenters. The number of aryl methyl sites for hydroxylation is 2. The van der Waals surface area contributed by atoms with Crippen molar-refractivity contribution in [3.63, 3.8) is 0 Å². The van der Waals surface area contributed by atoms with Gasteiger partial charge in [-0.1, -0.05) is 30.3 Å². The van der Waals surface area contributed by atoms with Crippen LogP contribution in [0, 0.1) is 13.8 Å². The Hall–Kier alpha value is -2.10. The van der Waals surface area contributed by atoms with E-state index in [2.05, 4.69) is 29.5 Å². The first-order valence-electron chi connectivity index (χ1n) is 7.87. The average molecular weight is 297 g/mol. The molecule has 0 saturated heterocycles. The van der Waals surface area contributed by atoms with Gasteiger partial charge in [-0.05, 0) is 44.2 Å². The molecule has 1 amide bonds. The summed E-state index contributed by atoms with van der Waals surface area (Å²) in [4.78, 5) is 12.6. The van der Waals surface area contributed by atoms with Gasteiger partial charge in [-0.2, -0.15) is 5.10 Å². The molecule has 22 heavy (non-hydrogen) atoms. The second-order valence-corrected chi connectivity index (χ2v) is 6.23. The van der Waals surface area contributed by atoms with Crippen LogP contribution in [0.1, 0.15) is 35.4 Å². The fraction of sp³-hybridized carbons (Fsp3) is 0.444. The molecule has 1 N–H and O–H groups in total. The molecule has 1 aromatic carbocycles. The molecule has 116 valence electrons. The van der Waals surface area contributed by atoms with Crippen LogP contribution < -0.4 is 5.32 Å². The maximum atomic E-state index is 12.6. The molecule has 0 aliphatic heterocycles. The second kappa shape index (κ2) is 5.59. The van der Waals surface area contributed by atoms with Crippen molar-refractivity contribution in [1.82, 2.24) is 15.1 Å². The lowest BCUT2D eigenvalue weighted by atomic mass is 9.95. The number of carbonyl (C=O) groups is 1. The van der Waals surface area contributed by atoms with Crippen LogP contribution in [0.25, 0.3) is 0 Å². The van der Waals surface area contributed by atoms with Gasteiger partial charge in [-0.25, -0.2) is 0 Å². The van der Waals surface area contributed by atoms with Crippen molar-refractivity contribution in [2.75, 3.05) is 6.54 Å². The van der Waals surface area contributed by atoms with E-state index in [1.54, 1.807) is 0 Å². The highest BCUT2D eigenvalue weighted by Gasteiger charge is 2.50. The van der Waals surface area contributed by atoms with E-state index >= 15 is 0 Å². The zero-order valence-corrected chi connectivity index (χ0v) is 13.5. The van der Waals surface area contributed by atoms with E-state index in [0.29, 0.717) is 6.54 Å². The molecule has 1 aliphatic carbocycles. The first kappa shape index (κ1) is 14.8. The molecule has 0 bridgehead atoms. The Bertz CT molecular complexity index is 684. The monoisotopic (exact) mass is 297 g/mol. The number of benzene rings is 1. The van der Waals surface area contributed by atoms with E-state index < -0.39 is 0 Å². The molecule has 1 aliphatic rings. The molecule has 3 rings (SSSR count). The van der Waals surface area contributed by atoms with Crippen LogP contribution in [0.4, 0.5) is 0 Å². The molecule has 1 heterocycles. The van der Waals surface area contributed by atoms with E-state index in [9.17, 15) is 4.79 Å². The van der Waals surface area contributed by atoms with E-state index in [4.69, 9.17) is 0 Å². The summed E-state index contributed by atoms with van der Waals surface area (Å²) < 4.78 is 1.90. The Morgan fingerprint density at radius 3 is 2.50 bits per heavy atom. The fourth-order valence-electron chi connectivity index (χ4n) is 3.18. The molecule has 2 aromatic rings. The van der Waals surface area contributed by atoms with Crippen molar-refractivity contribution in [2.24, 2.45) is 7.05 Å². The zero-order valence-electron chi connectivity index (χ0n) is 13.5. The summed E-state index contributed by atoms with van der Waals surface area (Å²) in [6.45, 7) is 4.76. The number of hydrogen-bond donors (Lipinski definition) is 1. The number of nitrogens with one attached hydrogen (secondary N) is 1. The molecule has 0 spiro atoms. The van der Waals surface area contributed by atoms with Gasteiger partial charge in [0.15, 0.2) is 0 Å². The number of amides is 1. The second-order valence-electron chi connectivity index (χ2n) is 6.23. The molecule has 0 unspecified atom stereocenters. The van der Waals surface area contributed by atoms with Gasteiger partial charge in [0, 0.05) is 19.3 Å². The van der Waals surface area contributed by atoms with Crippen molar-refractivity contribution >= 4 is 5.91 Å². The van der Waals surface area contributed by atoms with Crippen LogP contribution in [-0.2, 0) is 23.7 Å². The van der Waals surface area contributed by atoms with Crippen molar-refractivity contribution in [3.8, 4) is 0 Å². The van der Waals surface area contributed by atoms with E-state index in [-0.39, 0.29) is 11.3 Å². The Morgan fingerprint density at radius 2 is 1.95 bits per heavy atom. The highest BCUT2D eigenvalue weighted by atomic mass is 16.2. The highest BCUT2D eigenvalue weighted by molar-refractivity contribution is 5.91. The average Bonchev–Trinajstić information content (AvgIpc) is 3.29. The largest absolute Gasteiger partial charge is 0.355 e. The first-order chi connectivity index (χ1) is 10.5. The van der Waals surface area contributed by atoms with Crippen molar-refractivity contribution in [2.45, 2.75) is 38.5 Å². The van der Waals surface area contributed by atoms with Gasteiger partial charge < -0.3 is 5.32 Å². The normalized spacial score (nSPS) is 15.6.